The van der Waals surface area contributed by atoms with E-state index in [0.717, 1.165) is 30.9 Å². The highest BCUT2D eigenvalue weighted by atomic mass is 16.5. The van der Waals surface area contributed by atoms with Crippen LogP contribution < -0.4 is 15.6 Å². The minimum Gasteiger partial charge on any atom is -0.492 e. The van der Waals surface area contributed by atoms with E-state index < -0.39 is 0 Å². The summed E-state index contributed by atoms with van der Waals surface area (Å²) in [6.45, 7) is 7.84. The zero-order valence-electron chi connectivity index (χ0n) is 20.2. The molecule has 1 amide bonds. The molecule has 1 aromatic heterocycles. The Labute approximate surface area is 205 Å². The van der Waals surface area contributed by atoms with Crippen molar-refractivity contribution >= 4 is 5.91 Å². The lowest BCUT2D eigenvalue weighted by Gasteiger charge is -2.35. The fourth-order valence-electron chi connectivity index (χ4n) is 4.20. The SMILES string of the molecule is CC1CN(Cc2ccc(CNC(=O)c3ccc(=O)n(CCOc4ccccc4)n3)cc2)CC(C)O1. The highest BCUT2D eigenvalue weighted by Gasteiger charge is 2.22. The van der Waals surface area contributed by atoms with Gasteiger partial charge in [0.1, 0.15) is 18.1 Å². The summed E-state index contributed by atoms with van der Waals surface area (Å²) in [5.74, 6) is 0.387. The molecular weight excluding hydrogens is 444 g/mol. The maximum Gasteiger partial charge on any atom is 0.271 e. The van der Waals surface area contributed by atoms with Crippen LogP contribution in [0.5, 0.6) is 5.75 Å². The van der Waals surface area contributed by atoms with Crippen molar-refractivity contribution in [1.29, 1.82) is 0 Å². The lowest BCUT2D eigenvalue weighted by atomic mass is 10.1. The van der Waals surface area contributed by atoms with Crippen LogP contribution in [0.2, 0.25) is 0 Å². The van der Waals surface area contributed by atoms with Crippen LogP contribution in [0.1, 0.15) is 35.5 Å². The Hall–Kier alpha value is -3.49. The van der Waals surface area contributed by atoms with Gasteiger partial charge in [0.15, 0.2) is 0 Å². The number of rotatable bonds is 9. The molecule has 1 aliphatic rings. The smallest absolute Gasteiger partial charge is 0.271 e. The lowest BCUT2D eigenvalue weighted by molar-refractivity contribution is -0.0704. The van der Waals surface area contributed by atoms with Crippen molar-refractivity contribution in [2.45, 2.75) is 45.7 Å². The lowest BCUT2D eigenvalue weighted by Crippen LogP contribution is -2.44. The minimum atomic E-state index is -0.330. The topological polar surface area (TPSA) is 85.7 Å². The Bertz CT molecular complexity index is 1150. The van der Waals surface area contributed by atoms with Gasteiger partial charge >= 0.3 is 0 Å². The molecule has 0 saturated carbocycles. The van der Waals surface area contributed by atoms with Crippen molar-refractivity contribution in [3.05, 3.63) is 93.9 Å². The second-order valence-electron chi connectivity index (χ2n) is 8.89. The van der Waals surface area contributed by atoms with Gasteiger partial charge in [-0.25, -0.2) is 4.68 Å². The fraction of sp³-hybridized carbons (Fsp3) is 0.370. The highest BCUT2D eigenvalue weighted by Crippen LogP contribution is 2.15. The van der Waals surface area contributed by atoms with Crippen molar-refractivity contribution in [1.82, 2.24) is 20.0 Å². The molecule has 1 fully saturated rings. The molecule has 0 bridgehead atoms. The molecule has 1 N–H and O–H groups in total. The molecule has 0 aliphatic carbocycles. The molecule has 8 nitrogen and oxygen atoms in total. The van der Waals surface area contributed by atoms with Crippen molar-refractivity contribution in [3.8, 4) is 5.75 Å². The first-order chi connectivity index (χ1) is 17.0. The number of aromatic nitrogens is 2. The number of carbonyl (C=O) groups is 1. The van der Waals surface area contributed by atoms with E-state index in [1.54, 1.807) is 0 Å². The molecule has 2 aromatic carbocycles. The number of carbonyl (C=O) groups excluding carboxylic acids is 1. The van der Waals surface area contributed by atoms with E-state index in [9.17, 15) is 9.59 Å². The molecule has 2 atom stereocenters. The summed E-state index contributed by atoms with van der Waals surface area (Å²) in [5.41, 5.74) is 2.14. The Kier molecular flexibility index (Phi) is 8.28. The van der Waals surface area contributed by atoms with Gasteiger partial charge in [-0.15, -0.1) is 0 Å². The zero-order valence-corrected chi connectivity index (χ0v) is 20.2. The zero-order chi connectivity index (χ0) is 24.6. The number of amides is 1. The van der Waals surface area contributed by atoms with Crippen LogP contribution in [0.4, 0.5) is 0 Å². The van der Waals surface area contributed by atoms with Gasteiger partial charge in [0.25, 0.3) is 11.5 Å². The molecule has 4 rings (SSSR count). The Morgan fingerprint density at radius 1 is 1.00 bits per heavy atom. The molecule has 1 aliphatic heterocycles. The van der Waals surface area contributed by atoms with Gasteiger partial charge in [-0.2, -0.15) is 5.10 Å². The predicted octanol–water partition coefficient (Wildman–Crippen LogP) is 2.86. The Morgan fingerprint density at radius 2 is 1.69 bits per heavy atom. The van der Waals surface area contributed by atoms with E-state index in [0.29, 0.717) is 6.54 Å². The van der Waals surface area contributed by atoms with Crippen LogP contribution in [-0.2, 0) is 24.4 Å². The molecule has 1 saturated heterocycles. The van der Waals surface area contributed by atoms with Crippen LogP contribution >= 0.6 is 0 Å². The van der Waals surface area contributed by atoms with E-state index in [2.05, 4.69) is 41.3 Å². The third-order valence-corrected chi connectivity index (χ3v) is 5.79. The number of ether oxygens (including phenoxy) is 2. The molecule has 35 heavy (non-hydrogen) atoms. The number of nitrogens with one attached hydrogen (secondary N) is 1. The summed E-state index contributed by atoms with van der Waals surface area (Å²) in [6, 6.07) is 20.4. The molecule has 2 unspecified atom stereocenters. The second kappa shape index (κ2) is 11.8. The summed E-state index contributed by atoms with van der Waals surface area (Å²) >= 11 is 0. The van der Waals surface area contributed by atoms with Crippen LogP contribution in [-0.4, -0.2) is 52.5 Å². The monoisotopic (exact) mass is 476 g/mol. The van der Waals surface area contributed by atoms with E-state index in [4.69, 9.17) is 9.47 Å². The van der Waals surface area contributed by atoms with Crippen LogP contribution in [0, 0.1) is 0 Å². The summed E-state index contributed by atoms with van der Waals surface area (Å²) in [7, 11) is 0. The number of para-hydroxylation sites is 1. The number of hydrogen-bond donors (Lipinski definition) is 1. The first kappa shape index (κ1) is 24.6. The predicted molar refractivity (Wildman–Crippen MR) is 133 cm³/mol. The van der Waals surface area contributed by atoms with Gasteiger partial charge in [-0.3, -0.25) is 14.5 Å². The number of benzene rings is 2. The van der Waals surface area contributed by atoms with E-state index in [1.807, 2.05) is 42.5 Å². The Balaban J connectivity index is 1.28. The van der Waals surface area contributed by atoms with Crippen molar-refractivity contribution in [3.63, 3.8) is 0 Å². The largest absolute Gasteiger partial charge is 0.492 e. The first-order valence-corrected chi connectivity index (χ1v) is 12.0. The number of hydrogen-bond acceptors (Lipinski definition) is 6. The Morgan fingerprint density at radius 3 is 2.40 bits per heavy atom. The van der Waals surface area contributed by atoms with Gasteiger partial charge in [0.2, 0.25) is 0 Å². The van der Waals surface area contributed by atoms with Gasteiger partial charge < -0.3 is 14.8 Å². The average Bonchev–Trinajstić information content (AvgIpc) is 2.84. The number of morpholine rings is 1. The summed E-state index contributed by atoms with van der Waals surface area (Å²) in [6.07, 6.45) is 0.486. The summed E-state index contributed by atoms with van der Waals surface area (Å²) in [5, 5.41) is 7.08. The third-order valence-electron chi connectivity index (χ3n) is 5.79. The van der Waals surface area contributed by atoms with E-state index in [1.165, 1.54) is 22.4 Å². The molecule has 0 radical (unpaired) electrons. The van der Waals surface area contributed by atoms with Crippen molar-refractivity contribution in [2.75, 3.05) is 19.7 Å². The van der Waals surface area contributed by atoms with Crippen molar-refractivity contribution in [2.24, 2.45) is 0 Å². The van der Waals surface area contributed by atoms with E-state index >= 15 is 0 Å². The number of nitrogens with zero attached hydrogens (tertiary/aromatic N) is 3. The standard InChI is InChI=1S/C27H32N4O4/c1-20-17-30(18-21(2)35-20)19-23-10-8-22(9-11-23)16-28-27(33)25-12-13-26(32)31(29-25)14-15-34-24-6-4-3-5-7-24/h3-13,20-21H,14-19H2,1-2H3,(H,28,33). The molecular formula is C27H32N4O4. The third kappa shape index (κ3) is 7.24. The minimum absolute atomic E-state index is 0.191. The van der Waals surface area contributed by atoms with Crippen LogP contribution in [0.25, 0.3) is 0 Å². The summed E-state index contributed by atoms with van der Waals surface area (Å²) < 4.78 is 12.7. The molecule has 184 valence electrons. The summed E-state index contributed by atoms with van der Waals surface area (Å²) in [4.78, 5) is 27.2. The molecule has 0 spiro atoms. The van der Waals surface area contributed by atoms with Gasteiger partial charge in [-0.1, -0.05) is 42.5 Å². The van der Waals surface area contributed by atoms with Crippen LogP contribution in [0.3, 0.4) is 0 Å². The maximum absolute atomic E-state index is 12.6. The molecule has 2 heterocycles. The van der Waals surface area contributed by atoms with Gasteiger partial charge in [-0.05, 0) is 43.2 Å². The average molecular weight is 477 g/mol. The van der Waals surface area contributed by atoms with Gasteiger partial charge in [0.05, 0.1) is 18.8 Å². The quantitative estimate of drug-likeness (QED) is 0.511. The highest BCUT2D eigenvalue weighted by molar-refractivity contribution is 5.91. The van der Waals surface area contributed by atoms with Gasteiger partial charge in [0, 0.05) is 32.2 Å². The van der Waals surface area contributed by atoms with Crippen LogP contribution in [0.15, 0.2) is 71.5 Å². The normalized spacial score (nSPS) is 18.2. The van der Waals surface area contributed by atoms with E-state index in [-0.39, 0.29) is 42.5 Å². The molecule has 3 aromatic rings. The fourth-order valence-corrected chi connectivity index (χ4v) is 4.20. The second-order valence-corrected chi connectivity index (χ2v) is 8.89. The maximum atomic E-state index is 12.6. The van der Waals surface area contributed by atoms with Crippen molar-refractivity contribution < 1.29 is 14.3 Å². The first-order valence-electron chi connectivity index (χ1n) is 12.0. The molecule has 8 heteroatoms.